The SMILES string of the molecule is CCOC(=O)[n+]1ccsc1.[Cl-]. The van der Waals surface area contributed by atoms with Crippen molar-refractivity contribution in [2.24, 2.45) is 0 Å². The molecule has 3 nitrogen and oxygen atoms in total. The number of nitrogens with zero attached hydrogens (tertiary/aromatic N) is 1. The maximum Gasteiger partial charge on any atom is 0.602 e. The molecular formula is C6H8ClNO2S. The lowest BCUT2D eigenvalue weighted by Gasteiger charge is -1.89. The van der Waals surface area contributed by atoms with Crippen LogP contribution in [0.15, 0.2) is 17.1 Å². The Balaban J connectivity index is 0.000001000. The highest BCUT2D eigenvalue weighted by atomic mass is 35.5. The van der Waals surface area contributed by atoms with Crippen molar-refractivity contribution in [2.75, 3.05) is 6.61 Å². The molecule has 62 valence electrons. The van der Waals surface area contributed by atoms with E-state index < -0.39 is 0 Å². The van der Waals surface area contributed by atoms with E-state index in [1.165, 1.54) is 15.9 Å². The van der Waals surface area contributed by atoms with Crippen molar-refractivity contribution in [3.63, 3.8) is 0 Å². The van der Waals surface area contributed by atoms with Crippen LogP contribution in [0.3, 0.4) is 0 Å². The highest BCUT2D eigenvalue weighted by Crippen LogP contribution is 1.88. The Morgan fingerprint density at radius 1 is 1.73 bits per heavy atom. The number of halogens is 1. The number of hydrogen-bond acceptors (Lipinski definition) is 3. The molecule has 0 radical (unpaired) electrons. The lowest BCUT2D eigenvalue weighted by molar-refractivity contribution is -0.580. The van der Waals surface area contributed by atoms with E-state index in [2.05, 4.69) is 0 Å². The predicted molar refractivity (Wildman–Crippen MR) is 36.9 cm³/mol. The molecule has 0 unspecified atom stereocenters. The Hall–Kier alpha value is -0.610. The molecule has 0 saturated heterocycles. The molecule has 1 rings (SSSR count). The number of ether oxygens (including phenoxy) is 1. The summed E-state index contributed by atoms with van der Waals surface area (Å²) in [7, 11) is 0. The minimum absolute atomic E-state index is 0. The number of aromatic nitrogens is 1. The van der Waals surface area contributed by atoms with E-state index in [-0.39, 0.29) is 18.5 Å². The minimum Gasteiger partial charge on any atom is -1.00 e. The van der Waals surface area contributed by atoms with Crippen LogP contribution in [0.1, 0.15) is 6.92 Å². The fourth-order valence-corrected chi connectivity index (χ4v) is 1.10. The molecular weight excluding hydrogens is 186 g/mol. The van der Waals surface area contributed by atoms with E-state index >= 15 is 0 Å². The van der Waals surface area contributed by atoms with Gasteiger partial charge in [-0.15, -0.1) is 0 Å². The first-order valence-electron chi connectivity index (χ1n) is 2.95. The highest BCUT2D eigenvalue weighted by Gasteiger charge is 2.13. The molecule has 11 heavy (non-hydrogen) atoms. The Morgan fingerprint density at radius 3 is 2.91 bits per heavy atom. The second-order valence-electron chi connectivity index (χ2n) is 1.63. The largest absolute Gasteiger partial charge is 1.00 e. The van der Waals surface area contributed by atoms with Gasteiger partial charge in [-0.1, -0.05) is 15.9 Å². The van der Waals surface area contributed by atoms with Gasteiger partial charge in [0.1, 0.15) is 0 Å². The van der Waals surface area contributed by atoms with E-state index in [4.69, 9.17) is 4.74 Å². The highest BCUT2D eigenvalue weighted by molar-refractivity contribution is 7.07. The molecule has 0 saturated carbocycles. The molecule has 0 aliphatic heterocycles. The lowest BCUT2D eigenvalue weighted by Crippen LogP contribution is -3.00. The average Bonchev–Trinajstić information content (AvgIpc) is 2.38. The Morgan fingerprint density at radius 2 is 2.45 bits per heavy atom. The zero-order valence-electron chi connectivity index (χ0n) is 5.99. The standard InChI is InChI=1S/C6H8NO2S.ClH/c1-2-9-6(8)7-3-4-10-5-7;/h3-5H,2H2,1H3;1H/q+1;/p-1. The summed E-state index contributed by atoms with van der Waals surface area (Å²) in [5, 5.41) is 1.82. The van der Waals surface area contributed by atoms with Gasteiger partial charge in [0.15, 0.2) is 6.20 Å². The maximum atomic E-state index is 10.9. The number of carbonyl (C=O) groups is 1. The summed E-state index contributed by atoms with van der Waals surface area (Å²) in [6.45, 7) is 2.20. The molecule has 0 aliphatic rings. The van der Waals surface area contributed by atoms with Gasteiger partial charge in [0.05, 0.1) is 12.0 Å². The number of carbonyl (C=O) groups excluding carboxylic acids is 1. The topological polar surface area (TPSA) is 30.2 Å². The molecule has 0 bridgehead atoms. The molecule has 0 aromatic carbocycles. The van der Waals surface area contributed by atoms with Gasteiger partial charge in [0.2, 0.25) is 5.51 Å². The zero-order valence-corrected chi connectivity index (χ0v) is 7.56. The summed E-state index contributed by atoms with van der Waals surface area (Å²) in [6.07, 6.45) is 1.35. The van der Waals surface area contributed by atoms with Crippen molar-refractivity contribution in [3.8, 4) is 0 Å². The number of thiazole rings is 1. The molecule has 1 heterocycles. The normalized spacial score (nSPS) is 8.45. The lowest BCUT2D eigenvalue weighted by atomic mass is 10.8. The van der Waals surface area contributed by atoms with Crippen LogP contribution < -0.4 is 17.0 Å². The van der Waals surface area contributed by atoms with E-state index in [0.29, 0.717) is 6.61 Å². The van der Waals surface area contributed by atoms with Crippen molar-refractivity contribution >= 4 is 17.4 Å². The van der Waals surface area contributed by atoms with Gasteiger partial charge >= 0.3 is 6.09 Å². The fourth-order valence-electron chi connectivity index (χ4n) is 0.538. The first-order valence-corrected chi connectivity index (χ1v) is 3.89. The molecule has 5 heteroatoms. The Kier molecular flexibility index (Phi) is 4.81. The number of hydrogen-bond donors (Lipinski definition) is 0. The third-order valence-corrected chi connectivity index (χ3v) is 1.58. The monoisotopic (exact) mass is 193 g/mol. The first kappa shape index (κ1) is 10.4. The van der Waals surface area contributed by atoms with Crippen molar-refractivity contribution in [3.05, 3.63) is 17.1 Å². The van der Waals surface area contributed by atoms with E-state index in [1.807, 2.05) is 5.38 Å². The molecule has 1 aromatic rings. The van der Waals surface area contributed by atoms with Crippen LogP contribution in [-0.4, -0.2) is 12.7 Å². The fraction of sp³-hybridized carbons (Fsp3) is 0.333. The maximum absolute atomic E-state index is 10.9. The molecule has 0 N–H and O–H groups in total. The van der Waals surface area contributed by atoms with Crippen molar-refractivity contribution in [1.82, 2.24) is 0 Å². The molecule has 0 spiro atoms. The second kappa shape index (κ2) is 5.09. The minimum atomic E-state index is -0.316. The van der Waals surface area contributed by atoms with Crippen LogP contribution in [0.2, 0.25) is 0 Å². The van der Waals surface area contributed by atoms with Gasteiger partial charge in [-0.05, 0) is 6.92 Å². The third-order valence-electron chi connectivity index (χ3n) is 0.953. The van der Waals surface area contributed by atoms with Crippen LogP contribution in [-0.2, 0) is 4.74 Å². The summed E-state index contributed by atoms with van der Waals surface area (Å²) in [5.41, 5.74) is 1.69. The van der Waals surface area contributed by atoms with E-state index in [1.54, 1.807) is 18.6 Å². The Labute approximate surface area is 75.0 Å². The van der Waals surface area contributed by atoms with Crippen LogP contribution >= 0.6 is 11.3 Å². The summed E-state index contributed by atoms with van der Waals surface area (Å²) in [5.74, 6) is 0. The van der Waals surface area contributed by atoms with E-state index in [9.17, 15) is 4.79 Å². The smallest absolute Gasteiger partial charge is 0.602 e. The third kappa shape index (κ3) is 2.86. The molecule has 0 amide bonds. The van der Waals surface area contributed by atoms with Gasteiger partial charge in [-0.2, -0.15) is 4.79 Å². The van der Waals surface area contributed by atoms with Crippen molar-refractivity contribution in [1.29, 1.82) is 0 Å². The quantitative estimate of drug-likeness (QED) is 0.485. The van der Waals surface area contributed by atoms with E-state index in [0.717, 1.165) is 0 Å². The second-order valence-corrected chi connectivity index (χ2v) is 2.39. The first-order chi connectivity index (χ1) is 4.84. The van der Waals surface area contributed by atoms with Crippen LogP contribution in [0, 0.1) is 0 Å². The summed E-state index contributed by atoms with van der Waals surface area (Å²) < 4.78 is 6.13. The van der Waals surface area contributed by atoms with Gasteiger partial charge in [0.25, 0.3) is 0 Å². The predicted octanol–water partition coefficient (Wildman–Crippen LogP) is -1.96. The van der Waals surface area contributed by atoms with Gasteiger partial charge in [-0.25, -0.2) is 0 Å². The van der Waals surface area contributed by atoms with Gasteiger partial charge in [0, 0.05) is 0 Å². The summed E-state index contributed by atoms with van der Waals surface area (Å²) in [6, 6.07) is 0. The number of rotatable bonds is 1. The molecule has 0 atom stereocenters. The van der Waals surface area contributed by atoms with Crippen LogP contribution in [0.5, 0.6) is 0 Å². The Bertz CT molecular complexity index is 212. The van der Waals surface area contributed by atoms with Gasteiger partial charge in [-0.3, -0.25) is 0 Å². The van der Waals surface area contributed by atoms with Crippen molar-refractivity contribution < 1.29 is 26.5 Å². The molecule has 0 aliphatic carbocycles. The van der Waals surface area contributed by atoms with Crippen LogP contribution in [0.25, 0.3) is 0 Å². The van der Waals surface area contributed by atoms with Gasteiger partial charge < -0.3 is 17.1 Å². The molecule has 0 fully saturated rings. The summed E-state index contributed by atoms with van der Waals surface area (Å²) >= 11 is 1.46. The zero-order chi connectivity index (χ0) is 7.40. The molecule has 1 aromatic heterocycles. The van der Waals surface area contributed by atoms with Crippen molar-refractivity contribution in [2.45, 2.75) is 6.92 Å². The van der Waals surface area contributed by atoms with Crippen LogP contribution in [0.4, 0.5) is 4.79 Å². The summed E-state index contributed by atoms with van der Waals surface area (Å²) in [4.78, 5) is 10.9. The average molecular weight is 194 g/mol.